The number of esters is 1. The van der Waals surface area contributed by atoms with Crippen LogP contribution in [-0.4, -0.2) is 349 Å². The molecule has 4 saturated heterocycles. The quantitative estimate of drug-likeness (QED) is 0.00822. The van der Waals surface area contributed by atoms with Crippen molar-refractivity contribution in [1.82, 2.24) is 44.2 Å². The first-order valence-electron chi connectivity index (χ1n) is 47.2. The number of rotatable bonds is 36. The molecule has 0 radical (unpaired) electrons. The molecule has 3 unspecified atom stereocenters. The van der Waals surface area contributed by atoms with Crippen LogP contribution in [0.4, 0.5) is 27.0 Å². The van der Waals surface area contributed by atoms with Crippen molar-refractivity contribution >= 4 is 100 Å². The molecule has 39 nitrogen and oxygen atoms in total. The number of anilines is 3. The molecule has 0 bridgehead atoms. The number of carboxylic acids is 1. The fourth-order valence-corrected chi connectivity index (χ4v) is 21.3. The lowest BCUT2D eigenvalue weighted by molar-refractivity contribution is -0.142. The predicted octanol–water partition coefficient (Wildman–Crippen LogP) is 4.82. The van der Waals surface area contributed by atoms with Crippen LogP contribution in [0.25, 0.3) is 22.3 Å². The number of hydrogen-bond acceptors (Lipinski definition) is 34. The van der Waals surface area contributed by atoms with E-state index in [4.69, 9.17) is 72.0 Å². The Labute approximate surface area is 826 Å². The number of carbonyl (C=O) groups is 4. The number of amidine groups is 1. The molecule has 4 fully saturated rings. The molecule has 22 N–H and O–H groups in total. The van der Waals surface area contributed by atoms with Crippen molar-refractivity contribution in [2.24, 2.45) is 21.5 Å². The van der Waals surface area contributed by atoms with Gasteiger partial charge in [0.1, 0.15) is 97.4 Å². The minimum Gasteiger partial charge on any atom is -0.480 e. The van der Waals surface area contributed by atoms with Gasteiger partial charge in [-0.25, -0.2) is 29.0 Å². The normalized spacial score (nSPS) is 24.4. The van der Waals surface area contributed by atoms with Gasteiger partial charge in [0, 0.05) is 61.8 Å². The van der Waals surface area contributed by atoms with Gasteiger partial charge < -0.3 is 123 Å². The van der Waals surface area contributed by atoms with Gasteiger partial charge in [-0.15, -0.1) is 58.7 Å². The number of aliphatic hydroxyl groups is 9. The number of hydrogen-bond donors (Lipinski definition) is 17. The molecule has 0 saturated carbocycles. The van der Waals surface area contributed by atoms with E-state index in [2.05, 4.69) is 126 Å². The lowest BCUT2D eigenvalue weighted by Crippen LogP contribution is -2.53. The zero-order chi connectivity index (χ0) is 104. The second-order valence-electron chi connectivity index (χ2n) is 39.2. The summed E-state index contributed by atoms with van der Waals surface area (Å²) >= 11 is 0. The van der Waals surface area contributed by atoms with Crippen LogP contribution >= 0.6 is 27.5 Å². The van der Waals surface area contributed by atoms with Crippen molar-refractivity contribution in [1.29, 1.82) is 0 Å². The second kappa shape index (κ2) is 50.0. The number of benzene rings is 4. The molecule has 2 aliphatic carbocycles. The van der Waals surface area contributed by atoms with Gasteiger partial charge in [0.25, 0.3) is 0 Å². The number of nitrogens with zero attached hydrogens (tertiary/aromatic N) is 9. The average molecular weight is 2050 g/mol. The van der Waals surface area contributed by atoms with Gasteiger partial charge in [0.15, 0.2) is 31.2 Å². The minimum atomic E-state index is -1.39. The largest absolute Gasteiger partial charge is 0.516 e. The molecule has 1 amide bonds. The van der Waals surface area contributed by atoms with Crippen LogP contribution < -0.4 is 56.3 Å². The highest BCUT2D eigenvalue weighted by Crippen LogP contribution is 2.48. The maximum absolute atomic E-state index is 13.7. The van der Waals surface area contributed by atoms with Crippen molar-refractivity contribution in [3.05, 3.63) is 194 Å². The lowest BCUT2D eigenvalue weighted by Gasteiger charge is -2.36. The monoisotopic (exact) mass is 2040 g/mol. The highest BCUT2D eigenvalue weighted by Gasteiger charge is 2.50. The van der Waals surface area contributed by atoms with Crippen molar-refractivity contribution in [3.8, 4) is 34.1 Å². The highest BCUT2D eigenvalue weighted by molar-refractivity contribution is 7.73. The second-order valence-corrected chi connectivity index (χ2v) is 56.4. The number of aromatic nitrogens is 6. The summed E-state index contributed by atoms with van der Waals surface area (Å²) in [4.78, 5) is 97.7. The van der Waals surface area contributed by atoms with E-state index < -0.39 is 180 Å². The number of nitrogens with two attached hydrogens (primary N) is 5. The summed E-state index contributed by atoms with van der Waals surface area (Å²) in [6.07, 6.45) is 15.2. The third-order valence-electron chi connectivity index (χ3n) is 25.2. The van der Waals surface area contributed by atoms with Gasteiger partial charge in [-0.3, -0.25) is 28.8 Å². The number of carboxylic acid groups (broad SMARTS) is 1. The topological polar surface area (TPSA) is 605 Å². The number of nitrogen functional groups attached to an aromatic ring is 3. The standard InChI is InChI=1S/C49H54N5O9P.C19H36N5O5P.C16H24N3O4P.C15H26N3O5P/c1-64(2,3)27-24-41-43(55)44(56)45(62-41)54-26-23-42(50)53-47(54)51-25-13-12-22-40(52-48(58)60-28-38-34-18-8-4-14-30(34)31-15-5-9-19-35(31)38)46(57)63-49(59)61-29-39-36-20-10-6-16-32(36)33-17-7-11-21-37(33)39;1-30(2,3)11-8-13-15(25)16(26)17(29-13)24-10-7-14(21)23-19(24)22-9-5-4-6-12(20)18(27)28;1-5-6-10-9-19(16(22)18-14(10)17)15-13(21)12(20)11(23-15)7-8-24(2,3)4;1-24(2,3)7-5-10-11(20)12(21)14(23-10)18-8-9(4-6-19)13(16)17-15(18)22/h4-11,14-21,23,26,38-41,43-45,55-56H,1,12-13,22,24-25,27-29H2,2-3H3,(H,52,58)(H2,50,51,53);7,10,12-13,15-17,19,22,25-26H,1,4-6,8-9,11,20H2,2-3H3,(H2,21,23)(H,27,28);9,11-13,15,20-21H,2,7-8H2,1,3-4H3,(H2,17,18,22);8,10-12,14,19-21H,1,4-7H2,2-3H3,(H2,16,17,22)/t40?,41-,43-,44-,45-;12?,13-,15-,16-,17-,19?;11-,12-,13-,15-;10-,11-,12-,14-/m1111/s1. The number of aliphatic carboxylic acids is 1. The number of ether oxygens (including phenoxy) is 7. The Morgan fingerprint density at radius 3 is 1.42 bits per heavy atom. The van der Waals surface area contributed by atoms with Gasteiger partial charge in [-0.05, 0) is 206 Å². The molecule has 43 heteroatoms. The first kappa shape index (κ1) is 112. The summed E-state index contributed by atoms with van der Waals surface area (Å²) < 4.78 is 43.9. The Hall–Kier alpha value is -10.2. The number of nitrogens with one attached hydrogen (secondary N) is 2. The molecular formula is C99H140N16O23P4. The molecule has 7 aromatic rings. The molecule has 19 atom stereocenters. The van der Waals surface area contributed by atoms with E-state index in [9.17, 15) is 69.6 Å². The Bertz CT molecular complexity index is 6020. The Balaban J connectivity index is 0.000000204. The fraction of sp³-hybridized carbons (Fsp3) is 0.505. The van der Waals surface area contributed by atoms with Crippen molar-refractivity contribution in [2.75, 3.05) is 128 Å². The number of alkyl carbamates (subject to hydrolysis) is 1. The van der Waals surface area contributed by atoms with Gasteiger partial charge in [-0.2, -0.15) is 15.0 Å². The summed E-state index contributed by atoms with van der Waals surface area (Å²) in [5.41, 5.74) is 36.8. The average Bonchev–Trinajstić information content (AvgIpc) is 1.62. The van der Waals surface area contributed by atoms with Crippen LogP contribution in [0.2, 0.25) is 0 Å². The van der Waals surface area contributed by atoms with Crippen molar-refractivity contribution in [3.63, 3.8) is 0 Å². The number of carbonyl (C=O) groups excluding carboxylic acids is 3. The van der Waals surface area contributed by atoms with Crippen molar-refractivity contribution in [2.45, 2.75) is 206 Å². The maximum Gasteiger partial charge on any atom is 0.516 e. The first-order valence-corrected chi connectivity index (χ1v) is 59.4. The van der Waals surface area contributed by atoms with Gasteiger partial charge in [0.05, 0.1) is 30.0 Å². The van der Waals surface area contributed by atoms with Gasteiger partial charge in [0.2, 0.25) is 5.62 Å². The smallest absolute Gasteiger partial charge is 0.480 e. The molecule has 3 aromatic heterocycles. The molecule has 8 heterocycles. The van der Waals surface area contributed by atoms with Gasteiger partial charge >= 0.3 is 35.6 Å². The third-order valence-corrected chi connectivity index (χ3v) is 31.1. The van der Waals surface area contributed by atoms with E-state index >= 15 is 0 Å². The molecule has 4 aromatic carbocycles. The summed E-state index contributed by atoms with van der Waals surface area (Å²) in [5, 5.41) is 108. The van der Waals surface area contributed by atoms with Crippen molar-refractivity contribution < 1.29 is 103 Å². The molecule has 0 spiro atoms. The SMILES string of the molecule is C=P(C)(C)CC[C@H]1O[C@@H](N2C=CC(N)=NC2NCCCCC(N)C(=O)O)[C@H](O)[C@@H]1O.C=P(C)(C)CC[C@H]1O[C@@H](n2cc(C#CC)c(N)nc2=O)[C@H](O)[C@@H]1O.C=P(C)(C)CC[C@H]1O[C@@H](n2cc(CCO)c(N)nc2=O)[C@H](O)[C@@H]1O.C=P(C)(C)CC[C@H]1O[C@@H](n2ccc(N)nc2=NCCCCC(NC(=O)OCC2c3ccccc3-c3ccccc32)C(=O)OC(=O)OCC2c3ccccc3-c3ccccc32)[C@H](O)[C@@H]1O. The van der Waals surface area contributed by atoms with E-state index in [0.717, 1.165) is 78.3 Å². The molecular weight excluding hydrogens is 1910 g/mol. The summed E-state index contributed by atoms with van der Waals surface area (Å²) in [6, 6.07) is 31.2. The van der Waals surface area contributed by atoms with E-state index in [-0.39, 0.29) is 74.1 Å². The minimum absolute atomic E-state index is 0.0203. The van der Waals surface area contributed by atoms with E-state index in [0.29, 0.717) is 81.3 Å². The zero-order valence-electron chi connectivity index (χ0n) is 81.8. The van der Waals surface area contributed by atoms with Crippen LogP contribution in [0, 0.1) is 11.8 Å². The summed E-state index contributed by atoms with van der Waals surface area (Å²) in [5.74, 6) is 3.58. The van der Waals surface area contributed by atoms with Crippen LogP contribution in [0.1, 0.15) is 135 Å². The third kappa shape index (κ3) is 30.0. The summed E-state index contributed by atoms with van der Waals surface area (Å²) in [6.45, 7) is 13.8. The Morgan fingerprint density at radius 1 is 0.542 bits per heavy atom. The zero-order valence-corrected chi connectivity index (χ0v) is 85.4. The lowest BCUT2D eigenvalue weighted by atomic mass is 9.98. The number of amides is 1. The molecule has 774 valence electrons. The van der Waals surface area contributed by atoms with Crippen LogP contribution in [0.15, 0.2) is 154 Å². The summed E-state index contributed by atoms with van der Waals surface area (Å²) in [7, 11) is 0. The van der Waals surface area contributed by atoms with E-state index in [1.54, 1.807) is 40.9 Å². The van der Waals surface area contributed by atoms with Crippen LogP contribution in [0.5, 0.6) is 0 Å². The Kier molecular flexibility index (Phi) is 39.5. The molecule has 142 heavy (non-hydrogen) atoms. The molecule has 14 rings (SSSR count). The molecule has 5 aliphatic heterocycles. The predicted molar refractivity (Wildman–Crippen MR) is 557 cm³/mol. The number of aliphatic imine (C=N–C) groups is 1. The van der Waals surface area contributed by atoms with Gasteiger partial charge in [-0.1, -0.05) is 109 Å². The number of unbranched alkanes of at least 4 members (excludes halogenated alkanes) is 2. The molecule has 7 aliphatic rings. The maximum atomic E-state index is 13.7. The Morgan fingerprint density at radius 2 is 0.965 bits per heavy atom. The fourth-order valence-electron chi connectivity index (χ4n) is 17.5. The van der Waals surface area contributed by atoms with Crippen LogP contribution in [0.3, 0.4) is 0 Å². The van der Waals surface area contributed by atoms with E-state index in [1.165, 1.54) is 12.4 Å². The van der Waals surface area contributed by atoms with E-state index in [1.807, 2.05) is 97.1 Å². The number of aliphatic hydroxyl groups excluding tert-OH is 9. The van der Waals surface area contributed by atoms with Crippen LogP contribution in [-0.2, 0) is 49.2 Å². The first-order chi connectivity index (χ1) is 67.1. The highest BCUT2D eigenvalue weighted by atomic mass is 31.2. The number of fused-ring (bicyclic) bond motifs is 6.